The number of nitrogens with two attached hydrogens (primary N) is 1. The van der Waals surface area contributed by atoms with Crippen LogP contribution in [-0.2, 0) is 11.3 Å². The van der Waals surface area contributed by atoms with E-state index in [9.17, 15) is 9.18 Å². The van der Waals surface area contributed by atoms with Gasteiger partial charge in [0.25, 0.3) is 0 Å². The van der Waals surface area contributed by atoms with Crippen LogP contribution >= 0.6 is 0 Å². The van der Waals surface area contributed by atoms with Crippen LogP contribution in [0.5, 0.6) is 0 Å². The Labute approximate surface area is 162 Å². The first kappa shape index (κ1) is 18.6. The Balaban J connectivity index is 1.71. The summed E-state index contributed by atoms with van der Waals surface area (Å²) in [6, 6.07) is 13.5. The van der Waals surface area contributed by atoms with Gasteiger partial charge in [0, 0.05) is 18.7 Å². The van der Waals surface area contributed by atoms with E-state index in [-0.39, 0.29) is 24.3 Å². The van der Waals surface area contributed by atoms with Gasteiger partial charge in [0.2, 0.25) is 0 Å². The number of hydrogen-bond acceptors (Lipinski definition) is 4. The average Bonchev–Trinajstić information content (AvgIpc) is 3.00. The van der Waals surface area contributed by atoms with E-state index >= 15 is 0 Å². The number of nitrogen functional groups attached to an aromatic ring is 1. The van der Waals surface area contributed by atoms with Gasteiger partial charge in [-0.15, -0.1) is 0 Å². The number of rotatable bonds is 5. The molecule has 2 N–H and O–H groups in total. The number of fused-ring (bicyclic) bond motifs is 1. The van der Waals surface area contributed by atoms with Crippen molar-refractivity contribution in [1.29, 1.82) is 0 Å². The van der Waals surface area contributed by atoms with Crippen LogP contribution in [0.25, 0.3) is 11.0 Å². The molecule has 1 atom stereocenters. The number of para-hydroxylation sites is 2. The molecule has 6 nitrogen and oxygen atoms in total. The number of aromatic nitrogens is 2. The fourth-order valence-electron chi connectivity index (χ4n) is 3.82. The zero-order valence-electron chi connectivity index (χ0n) is 15.8. The predicted molar refractivity (Wildman–Crippen MR) is 104 cm³/mol. The van der Waals surface area contributed by atoms with Crippen molar-refractivity contribution in [3.63, 3.8) is 0 Å². The van der Waals surface area contributed by atoms with Gasteiger partial charge in [-0.2, -0.15) is 0 Å². The fraction of sp³-hybridized carbons (Fsp3) is 0.333. The summed E-state index contributed by atoms with van der Waals surface area (Å²) in [5.74, 6) is 0.0499. The molecule has 1 aromatic heterocycles. The second-order valence-electron chi connectivity index (χ2n) is 7.01. The molecule has 1 saturated heterocycles. The average molecular weight is 383 g/mol. The summed E-state index contributed by atoms with van der Waals surface area (Å²) in [7, 11) is 0. The summed E-state index contributed by atoms with van der Waals surface area (Å²) in [4.78, 5) is 15.1. The van der Waals surface area contributed by atoms with Crippen molar-refractivity contribution in [3.8, 4) is 0 Å². The highest BCUT2D eigenvalue weighted by atomic mass is 19.1. The van der Waals surface area contributed by atoms with E-state index in [1.165, 1.54) is 24.3 Å². The molecule has 1 aliphatic heterocycles. The molecular weight excluding hydrogens is 359 g/mol. The second kappa shape index (κ2) is 7.69. The number of hydrogen-bond donors (Lipinski definition) is 1. The number of nitrogens with zero attached hydrogens (tertiary/aromatic N) is 3. The molecule has 1 unspecified atom stereocenters. The quantitative estimate of drug-likeness (QED) is 0.543. The standard InChI is InChI=1S/C21H23FN4O2/c1-15(24-10-12-28-13-11-24)26-19-5-3-2-4-18(19)25(21(26)23)14-20(27)16-6-8-17(22)9-7-16/h2-9,15,23H,10-14H2,1H3/p+1. The molecule has 0 saturated carbocycles. The minimum atomic E-state index is -0.361. The Morgan fingerprint density at radius 2 is 1.86 bits per heavy atom. The van der Waals surface area contributed by atoms with Crippen LogP contribution in [0, 0.1) is 5.82 Å². The molecule has 0 spiro atoms. The number of imidazole rings is 1. The number of ether oxygens (including phenoxy) is 1. The number of carbonyl (C=O) groups excluding carboxylic acids is 1. The highest BCUT2D eigenvalue weighted by molar-refractivity contribution is 5.95. The van der Waals surface area contributed by atoms with Crippen molar-refractivity contribution in [3.05, 3.63) is 59.9 Å². The number of morpholine rings is 1. The molecule has 0 aliphatic carbocycles. The molecule has 146 valence electrons. The van der Waals surface area contributed by atoms with Crippen LogP contribution in [-0.4, -0.2) is 41.6 Å². The molecule has 0 amide bonds. The van der Waals surface area contributed by atoms with Gasteiger partial charge < -0.3 is 4.74 Å². The lowest BCUT2D eigenvalue weighted by atomic mass is 10.1. The molecule has 28 heavy (non-hydrogen) atoms. The smallest absolute Gasteiger partial charge is 0.357 e. The third-order valence-corrected chi connectivity index (χ3v) is 5.37. The topological polar surface area (TPSA) is 64.4 Å². The lowest BCUT2D eigenvalue weighted by Crippen LogP contribution is -2.43. The molecule has 2 aromatic carbocycles. The number of Topliss-reactive ketones (excluding diaryl/α,β-unsaturated/α-hetero) is 1. The van der Waals surface area contributed by atoms with Crippen molar-refractivity contribution < 1.29 is 18.5 Å². The monoisotopic (exact) mass is 383 g/mol. The highest BCUT2D eigenvalue weighted by Crippen LogP contribution is 2.24. The van der Waals surface area contributed by atoms with E-state index in [0.717, 1.165) is 24.1 Å². The van der Waals surface area contributed by atoms with Crippen molar-refractivity contribution in [2.24, 2.45) is 0 Å². The summed E-state index contributed by atoms with van der Waals surface area (Å²) < 4.78 is 22.5. The van der Waals surface area contributed by atoms with E-state index in [0.29, 0.717) is 24.7 Å². The lowest BCUT2D eigenvalue weighted by Gasteiger charge is -2.31. The van der Waals surface area contributed by atoms with Crippen LogP contribution in [0.4, 0.5) is 10.3 Å². The summed E-state index contributed by atoms with van der Waals surface area (Å²) >= 11 is 0. The van der Waals surface area contributed by atoms with E-state index in [1.54, 1.807) is 0 Å². The van der Waals surface area contributed by atoms with Gasteiger partial charge in [-0.05, 0) is 43.3 Å². The number of halogens is 1. The maximum Gasteiger partial charge on any atom is 0.357 e. The number of benzene rings is 2. The first-order chi connectivity index (χ1) is 13.6. The summed E-state index contributed by atoms with van der Waals surface area (Å²) in [6.07, 6.45) is 0.0379. The fourth-order valence-corrected chi connectivity index (χ4v) is 3.82. The van der Waals surface area contributed by atoms with Crippen LogP contribution in [0.2, 0.25) is 0 Å². The van der Waals surface area contributed by atoms with E-state index in [1.807, 2.05) is 28.8 Å². The van der Waals surface area contributed by atoms with Gasteiger partial charge >= 0.3 is 5.95 Å². The van der Waals surface area contributed by atoms with Gasteiger partial charge in [0.15, 0.2) is 5.78 Å². The molecule has 7 heteroatoms. The molecule has 4 rings (SSSR count). The van der Waals surface area contributed by atoms with Crippen LogP contribution in [0.3, 0.4) is 0 Å². The van der Waals surface area contributed by atoms with Crippen LogP contribution in [0.1, 0.15) is 23.4 Å². The highest BCUT2D eigenvalue weighted by Gasteiger charge is 2.30. The van der Waals surface area contributed by atoms with Gasteiger partial charge in [-0.3, -0.25) is 15.4 Å². The number of carbonyl (C=O) groups is 1. The Kier molecular flexibility index (Phi) is 5.11. The minimum Gasteiger partial charge on any atom is -0.379 e. The first-order valence-corrected chi connectivity index (χ1v) is 9.45. The van der Waals surface area contributed by atoms with Crippen molar-refractivity contribution in [1.82, 2.24) is 9.47 Å². The first-order valence-electron chi connectivity index (χ1n) is 9.45. The van der Waals surface area contributed by atoms with Crippen LogP contribution in [0.15, 0.2) is 48.5 Å². The largest absolute Gasteiger partial charge is 0.379 e. The van der Waals surface area contributed by atoms with Gasteiger partial charge in [-0.25, -0.2) is 13.5 Å². The lowest BCUT2D eigenvalue weighted by molar-refractivity contribution is -0.643. The van der Waals surface area contributed by atoms with Crippen molar-refractivity contribution >= 4 is 22.8 Å². The third-order valence-electron chi connectivity index (χ3n) is 5.37. The maximum atomic E-state index is 13.2. The van der Waals surface area contributed by atoms with E-state index < -0.39 is 0 Å². The molecule has 1 fully saturated rings. The zero-order chi connectivity index (χ0) is 19.7. The molecule has 0 radical (unpaired) electrons. The number of ketones is 1. The Morgan fingerprint density at radius 3 is 2.57 bits per heavy atom. The van der Waals surface area contributed by atoms with E-state index in [2.05, 4.69) is 16.4 Å². The van der Waals surface area contributed by atoms with Crippen molar-refractivity contribution in [2.75, 3.05) is 32.0 Å². The normalized spacial score (nSPS) is 16.4. The zero-order valence-corrected chi connectivity index (χ0v) is 15.8. The Hall–Kier alpha value is -2.77. The predicted octanol–water partition coefficient (Wildman–Crippen LogP) is 2.38. The summed E-state index contributed by atoms with van der Waals surface area (Å²) in [6.45, 7) is 5.28. The van der Waals surface area contributed by atoms with Crippen LogP contribution < -0.4 is 10.3 Å². The molecule has 1 aliphatic rings. The maximum absolute atomic E-state index is 13.2. The Bertz CT molecular complexity index is 994. The SMILES string of the molecule is CC(N1CCOCC1)n1c(N)[n+](CC(=O)c2ccc(F)cc2)c2ccccc21. The second-order valence-corrected chi connectivity index (χ2v) is 7.01. The molecule has 0 bridgehead atoms. The Morgan fingerprint density at radius 1 is 1.18 bits per heavy atom. The number of anilines is 1. The minimum absolute atomic E-state index is 0.0379. The van der Waals surface area contributed by atoms with Gasteiger partial charge in [0.1, 0.15) is 29.6 Å². The molecule has 3 aromatic rings. The molecule has 2 heterocycles. The van der Waals surface area contributed by atoms with Gasteiger partial charge in [0.05, 0.1) is 13.2 Å². The summed E-state index contributed by atoms with van der Waals surface area (Å²) in [5, 5.41) is 0. The van der Waals surface area contributed by atoms with Gasteiger partial charge in [-0.1, -0.05) is 12.1 Å². The third kappa shape index (κ3) is 3.39. The van der Waals surface area contributed by atoms with E-state index in [4.69, 9.17) is 10.5 Å². The van der Waals surface area contributed by atoms with Crippen molar-refractivity contribution in [2.45, 2.75) is 19.6 Å². The molecular formula is C21H24FN4O2+. The summed E-state index contributed by atoms with van der Waals surface area (Å²) in [5.41, 5.74) is 8.87.